The summed E-state index contributed by atoms with van der Waals surface area (Å²) in [4.78, 5) is 6.37. The normalized spacial score (nSPS) is 17.5. The summed E-state index contributed by atoms with van der Waals surface area (Å²) in [7, 11) is 0. The number of rotatable bonds is 3. The maximum absolute atomic E-state index is 5.89. The summed E-state index contributed by atoms with van der Waals surface area (Å²) < 4.78 is 10.3. The predicted octanol–water partition coefficient (Wildman–Crippen LogP) is 0.172. The van der Waals surface area contributed by atoms with E-state index in [2.05, 4.69) is 10.1 Å². The average molecular weight is 238 g/mol. The van der Waals surface area contributed by atoms with Crippen LogP contribution in [-0.4, -0.2) is 48.9 Å². The molecule has 0 spiro atoms. The van der Waals surface area contributed by atoms with Gasteiger partial charge in [-0.25, -0.2) is 0 Å². The molecular weight excluding hydrogens is 220 g/mol. The van der Waals surface area contributed by atoms with Gasteiger partial charge in [0, 0.05) is 32.1 Å². The molecule has 1 aliphatic heterocycles. The third-order valence-corrected chi connectivity index (χ3v) is 2.64. The van der Waals surface area contributed by atoms with Gasteiger partial charge < -0.3 is 19.9 Å². The monoisotopic (exact) mass is 238 g/mol. The van der Waals surface area contributed by atoms with Crippen molar-refractivity contribution in [1.82, 2.24) is 10.1 Å². The summed E-state index contributed by atoms with van der Waals surface area (Å²) >= 11 is 0. The molecule has 6 nitrogen and oxygen atoms in total. The fourth-order valence-electron chi connectivity index (χ4n) is 1.71. The van der Waals surface area contributed by atoms with Crippen LogP contribution in [0.3, 0.4) is 0 Å². The highest BCUT2D eigenvalue weighted by Gasteiger charge is 2.11. The highest BCUT2D eigenvalue weighted by Crippen LogP contribution is 2.03. The number of morpholine rings is 1. The standard InChI is InChI=1S/C11H18N4O2/c1-9-8-10(17-14-9)2-3-13-11(12)15-4-6-16-7-5-15/h8H,2-7H2,1H3,(H2,12,13). The van der Waals surface area contributed by atoms with Crippen molar-refractivity contribution in [2.75, 3.05) is 32.8 Å². The van der Waals surface area contributed by atoms with Crippen LogP contribution in [0.2, 0.25) is 0 Å². The van der Waals surface area contributed by atoms with E-state index in [1.807, 2.05) is 17.9 Å². The molecule has 0 bridgehead atoms. The third-order valence-electron chi connectivity index (χ3n) is 2.64. The first-order valence-electron chi connectivity index (χ1n) is 5.80. The zero-order valence-corrected chi connectivity index (χ0v) is 10.1. The van der Waals surface area contributed by atoms with Crippen LogP contribution in [0.5, 0.6) is 0 Å². The molecule has 0 atom stereocenters. The predicted molar refractivity (Wildman–Crippen MR) is 63.8 cm³/mol. The zero-order chi connectivity index (χ0) is 12.1. The molecule has 0 unspecified atom stereocenters. The van der Waals surface area contributed by atoms with Gasteiger partial charge in [-0.05, 0) is 6.92 Å². The van der Waals surface area contributed by atoms with Gasteiger partial charge in [-0.1, -0.05) is 5.16 Å². The highest BCUT2D eigenvalue weighted by atomic mass is 16.5. The van der Waals surface area contributed by atoms with Crippen molar-refractivity contribution in [3.05, 3.63) is 17.5 Å². The molecule has 1 saturated heterocycles. The van der Waals surface area contributed by atoms with Crippen molar-refractivity contribution in [3.8, 4) is 0 Å². The molecule has 0 aliphatic carbocycles. The van der Waals surface area contributed by atoms with Crippen LogP contribution >= 0.6 is 0 Å². The number of nitrogens with two attached hydrogens (primary N) is 1. The lowest BCUT2D eigenvalue weighted by molar-refractivity contribution is 0.0674. The lowest BCUT2D eigenvalue weighted by Crippen LogP contribution is -2.44. The van der Waals surface area contributed by atoms with Crippen molar-refractivity contribution in [2.45, 2.75) is 13.3 Å². The minimum absolute atomic E-state index is 0.588. The molecule has 17 heavy (non-hydrogen) atoms. The summed E-state index contributed by atoms with van der Waals surface area (Å²) in [6, 6.07) is 1.92. The lowest BCUT2D eigenvalue weighted by atomic mass is 10.3. The molecule has 1 aromatic rings. The Kier molecular flexibility index (Phi) is 3.98. The summed E-state index contributed by atoms with van der Waals surface area (Å²) in [5.74, 6) is 1.44. The van der Waals surface area contributed by atoms with Crippen molar-refractivity contribution in [3.63, 3.8) is 0 Å². The van der Waals surface area contributed by atoms with Gasteiger partial charge in [0.25, 0.3) is 0 Å². The Morgan fingerprint density at radius 3 is 2.94 bits per heavy atom. The molecule has 0 amide bonds. The number of hydrogen-bond acceptors (Lipinski definition) is 4. The van der Waals surface area contributed by atoms with Crippen LogP contribution in [0.1, 0.15) is 11.5 Å². The highest BCUT2D eigenvalue weighted by molar-refractivity contribution is 5.78. The van der Waals surface area contributed by atoms with Crippen LogP contribution in [0.15, 0.2) is 15.6 Å². The zero-order valence-electron chi connectivity index (χ0n) is 10.1. The Hall–Kier alpha value is -1.56. The van der Waals surface area contributed by atoms with Gasteiger partial charge in [0.15, 0.2) is 5.96 Å². The van der Waals surface area contributed by atoms with Gasteiger partial charge in [0.2, 0.25) is 0 Å². The third kappa shape index (κ3) is 3.45. The largest absolute Gasteiger partial charge is 0.378 e. The van der Waals surface area contributed by atoms with E-state index in [9.17, 15) is 0 Å². The van der Waals surface area contributed by atoms with Crippen LogP contribution in [0.4, 0.5) is 0 Å². The second kappa shape index (κ2) is 5.67. The van der Waals surface area contributed by atoms with Crippen LogP contribution in [0, 0.1) is 6.92 Å². The van der Waals surface area contributed by atoms with Crippen molar-refractivity contribution < 1.29 is 9.26 Å². The van der Waals surface area contributed by atoms with Crippen LogP contribution in [-0.2, 0) is 11.2 Å². The number of guanidine groups is 1. The van der Waals surface area contributed by atoms with Gasteiger partial charge in [-0.3, -0.25) is 4.99 Å². The Morgan fingerprint density at radius 2 is 2.29 bits per heavy atom. The number of hydrogen-bond donors (Lipinski definition) is 1. The summed E-state index contributed by atoms with van der Waals surface area (Å²) in [5.41, 5.74) is 6.79. The molecule has 1 fully saturated rings. The van der Waals surface area contributed by atoms with Gasteiger partial charge in [-0.2, -0.15) is 0 Å². The minimum Gasteiger partial charge on any atom is -0.378 e. The molecule has 0 saturated carbocycles. The van der Waals surface area contributed by atoms with E-state index in [0.29, 0.717) is 12.5 Å². The smallest absolute Gasteiger partial charge is 0.191 e. The first kappa shape index (κ1) is 11.9. The quantitative estimate of drug-likeness (QED) is 0.600. The topological polar surface area (TPSA) is 76.9 Å². The molecule has 1 aliphatic rings. The van der Waals surface area contributed by atoms with Gasteiger partial charge in [0.05, 0.1) is 18.9 Å². The van der Waals surface area contributed by atoms with Crippen molar-refractivity contribution >= 4 is 5.96 Å². The fourth-order valence-corrected chi connectivity index (χ4v) is 1.71. The average Bonchev–Trinajstić information content (AvgIpc) is 2.76. The van der Waals surface area contributed by atoms with Crippen molar-refractivity contribution in [1.29, 1.82) is 0 Å². The number of ether oxygens (including phenoxy) is 1. The Labute approximate surface area is 100 Å². The molecule has 0 radical (unpaired) electrons. The lowest BCUT2D eigenvalue weighted by Gasteiger charge is -2.27. The van der Waals surface area contributed by atoms with Crippen LogP contribution < -0.4 is 5.73 Å². The van der Waals surface area contributed by atoms with Gasteiger partial charge >= 0.3 is 0 Å². The Balaban J connectivity index is 1.79. The van der Waals surface area contributed by atoms with Crippen molar-refractivity contribution in [2.24, 2.45) is 10.7 Å². The number of aliphatic imine (C=N–C) groups is 1. The van der Waals surface area contributed by atoms with E-state index in [0.717, 1.165) is 44.2 Å². The summed E-state index contributed by atoms with van der Waals surface area (Å²) in [6.07, 6.45) is 0.728. The fraction of sp³-hybridized carbons (Fsp3) is 0.636. The molecule has 0 aromatic carbocycles. The van der Waals surface area contributed by atoms with Gasteiger partial charge in [-0.15, -0.1) is 0 Å². The molecule has 2 heterocycles. The molecular formula is C11H18N4O2. The summed E-state index contributed by atoms with van der Waals surface area (Å²) in [6.45, 7) is 5.60. The SMILES string of the molecule is Cc1cc(CCN=C(N)N2CCOCC2)on1. The molecule has 94 valence electrons. The van der Waals surface area contributed by atoms with Crippen LogP contribution in [0.25, 0.3) is 0 Å². The number of nitrogens with zero attached hydrogens (tertiary/aromatic N) is 3. The maximum Gasteiger partial charge on any atom is 0.191 e. The molecule has 2 rings (SSSR count). The maximum atomic E-state index is 5.89. The minimum atomic E-state index is 0.588. The Morgan fingerprint density at radius 1 is 1.53 bits per heavy atom. The molecule has 1 aromatic heterocycles. The first-order valence-corrected chi connectivity index (χ1v) is 5.80. The molecule has 6 heteroatoms. The molecule has 2 N–H and O–H groups in total. The second-order valence-corrected chi connectivity index (χ2v) is 4.02. The van der Waals surface area contributed by atoms with E-state index < -0.39 is 0 Å². The number of aromatic nitrogens is 1. The number of aryl methyl sites for hydroxylation is 1. The Bertz CT molecular complexity index is 383. The van der Waals surface area contributed by atoms with E-state index >= 15 is 0 Å². The van der Waals surface area contributed by atoms with E-state index in [1.54, 1.807) is 0 Å². The first-order chi connectivity index (χ1) is 8.25. The second-order valence-electron chi connectivity index (χ2n) is 4.02. The van der Waals surface area contributed by atoms with Gasteiger partial charge in [0.1, 0.15) is 5.76 Å². The van der Waals surface area contributed by atoms with E-state index in [-0.39, 0.29) is 0 Å². The van der Waals surface area contributed by atoms with E-state index in [1.165, 1.54) is 0 Å². The summed E-state index contributed by atoms with van der Waals surface area (Å²) in [5, 5.41) is 3.82. The van der Waals surface area contributed by atoms with E-state index in [4.69, 9.17) is 15.0 Å².